The van der Waals surface area contributed by atoms with Crippen LogP contribution >= 0.6 is 11.6 Å². The van der Waals surface area contributed by atoms with Gasteiger partial charge in [-0.15, -0.1) is 0 Å². The fourth-order valence-corrected chi connectivity index (χ4v) is 3.09. The molecule has 0 atom stereocenters. The van der Waals surface area contributed by atoms with Crippen LogP contribution in [0, 0.1) is 6.92 Å². The van der Waals surface area contributed by atoms with Crippen molar-refractivity contribution in [1.29, 1.82) is 0 Å². The van der Waals surface area contributed by atoms with Crippen molar-refractivity contribution in [3.8, 4) is 0 Å². The maximum atomic E-state index is 12.2. The number of carbonyl (C=O) groups excluding carboxylic acids is 2. The number of anilines is 1. The van der Waals surface area contributed by atoms with Crippen molar-refractivity contribution in [2.45, 2.75) is 19.8 Å². The Labute approximate surface area is 188 Å². The molecule has 2 rings (SSSR count). The van der Waals surface area contributed by atoms with Gasteiger partial charge in [0, 0.05) is 56.9 Å². The quantitative estimate of drug-likeness (QED) is 0.432. The van der Waals surface area contributed by atoms with Crippen molar-refractivity contribution in [3.05, 3.63) is 64.2 Å². The van der Waals surface area contributed by atoms with Gasteiger partial charge < -0.3 is 20.9 Å². The molecule has 0 radical (unpaired) electrons. The number of halogens is 1. The second-order valence-electron chi connectivity index (χ2n) is 7.29. The number of nitrogens with zero attached hydrogens (tertiary/aromatic N) is 2. The fourth-order valence-electron chi connectivity index (χ4n) is 2.91. The number of amides is 2. The molecule has 0 aliphatic carbocycles. The first kappa shape index (κ1) is 24.2. The van der Waals surface area contributed by atoms with Crippen molar-refractivity contribution in [3.63, 3.8) is 0 Å². The first-order valence-corrected chi connectivity index (χ1v) is 10.5. The first-order valence-electron chi connectivity index (χ1n) is 10.1. The molecule has 8 heteroatoms. The number of nitrogens with one attached hydrogen (secondary N) is 3. The molecule has 0 saturated heterocycles. The summed E-state index contributed by atoms with van der Waals surface area (Å²) in [5.74, 6) is 0.501. The van der Waals surface area contributed by atoms with Gasteiger partial charge >= 0.3 is 0 Å². The molecule has 0 heterocycles. The average molecular weight is 444 g/mol. The summed E-state index contributed by atoms with van der Waals surface area (Å²) in [6.45, 7) is 2.96. The van der Waals surface area contributed by atoms with Crippen LogP contribution in [0.5, 0.6) is 0 Å². The Hall–Kier alpha value is -3.06. The van der Waals surface area contributed by atoms with E-state index >= 15 is 0 Å². The van der Waals surface area contributed by atoms with E-state index in [1.807, 2.05) is 37.3 Å². The number of guanidine groups is 1. The van der Waals surface area contributed by atoms with Gasteiger partial charge in [-0.3, -0.25) is 14.6 Å². The van der Waals surface area contributed by atoms with Crippen molar-refractivity contribution in [2.24, 2.45) is 4.99 Å². The third kappa shape index (κ3) is 7.61. The van der Waals surface area contributed by atoms with Crippen LogP contribution < -0.4 is 16.0 Å². The topological polar surface area (TPSA) is 85.8 Å². The monoisotopic (exact) mass is 443 g/mol. The van der Waals surface area contributed by atoms with Crippen LogP contribution in [-0.4, -0.2) is 56.9 Å². The van der Waals surface area contributed by atoms with Crippen molar-refractivity contribution >= 4 is 35.1 Å². The van der Waals surface area contributed by atoms with Crippen LogP contribution in [0.15, 0.2) is 47.5 Å². The van der Waals surface area contributed by atoms with E-state index in [4.69, 9.17) is 11.6 Å². The van der Waals surface area contributed by atoms with E-state index < -0.39 is 0 Å². The van der Waals surface area contributed by atoms with Crippen LogP contribution in [0.3, 0.4) is 0 Å². The van der Waals surface area contributed by atoms with Crippen LogP contribution in [0.25, 0.3) is 0 Å². The summed E-state index contributed by atoms with van der Waals surface area (Å²) in [4.78, 5) is 30.0. The maximum absolute atomic E-state index is 12.2. The Morgan fingerprint density at radius 2 is 1.77 bits per heavy atom. The largest absolute Gasteiger partial charge is 0.356 e. The lowest BCUT2D eigenvalue weighted by Gasteiger charge is -2.13. The molecular weight excluding hydrogens is 414 g/mol. The van der Waals surface area contributed by atoms with E-state index in [0.717, 1.165) is 23.2 Å². The number of hydrogen-bond acceptors (Lipinski definition) is 3. The molecule has 0 spiro atoms. The lowest BCUT2D eigenvalue weighted by molar-refractivity contribution is -0.116. The predicted molar refractivity (Wildman–Crippen MR) is 127 cm³/mol. The lowest BCUT2D eigenvalue weighted by atomic mass is 10.1. The summed E-state index contributed by atoms with van der Waals surface area (Å²) in [6.07, 6.45) is 1.03. The number of carbonyl (C=O) groups is 2. The molecule has 0 aliphatic rings. The normalized spacial score (nSPS) is 11.1. The zero-order chi connectivity index (χ0) is 22.8. The van der Waals surface area contributed by atoms with Gasteiger partial charge in [-0.25, -0.2) is 0 Å². The Morgan fingerprint density at radius 1 is 1.06 bits per heavy atom. The number of hydrogen-bond donors (Lipinski definition) is 3. The van der Waals surface area contributed by atoms with E-state index in [0.29, 0.717) is 36.1 Å². The predicted octanol–water partition coefficient (Wildman–Crippen LogP) is 3.09. The molecule has 3 N–H and O–H groups in total. The van der Waals surface area contributed by atoms with Gasteiger partial charge in [0.25, 0.3) is 5.91 Å². The van der Waals surface area contributed by atoms with Gasteiger partial charge in [-0.05, 0) is 48.7 Å². The van der Waals surface area contributed by atoms with Gasteiger partial charge in [0.2, 0.25) is 5.91 Å². The summed E-state index contributed by atoms with van der Waals surface area (Å²) in [5, 5.41) is 9.86. The third-order valence-corrected chi connectivity index (χ3v) is 5.11. The Morgan fingerprint density at radius 3 is 2.48 bits per heavy atom. The first-order chi connectivity index (χ1) is 14.8. The standard InChI is InChI=1S/C23H30ClN5O2/c1-16-19(24)9-6-10-20(16)28-21(30)12-14-27-23(25-2)26-13-11-17-7-5-8-18(15-17)22(31)29(3)4/h5-10,15H,11-14H2,1-4H3,(H,28,30)(H2,25,26,27). The van der Waals surface area contributed by atoms with E-state index in [9.17, 15) is 9.59 Å². The highest BCUT2D eigenvalue weighted by atomic mass is 35.5. The Bertz CT molecular complexity index is 943. The van der Waals surface area contributed by atoms with Crippen LogP contribution in [0.2, 0.25) is 5.02 Å². The highest BCUT2D eigenvalue weighted by Crippen LogP contribution is 2.22. The van der Waals surface area contributed by atoms with Crippen molar-refractivity contribution < 1.29 is 9.59 Å². The Balaban J connectivity index is 1.75. The molecular formula is C23H30ClN5O2. The molecule has 7 nitrogen and oxygen atoms in total. The maximum Gasteiger partial charge on any atom is 0.253 e. The summed E-state index contributed by atoms with van der Waals surface area (Å²) in [6, 6.07) is 13.0. The lowest BCUT2D eigenvalue weighted by Crippen LogP contribution is -2.39. The molecule has 0 fully saturated rings. The van der Waals surface area contributed by atoms with Crippen LogP contribution in [-0.2, 0) is 11.2 Å². The molecule has 2 amide bonds. The van der Waals surface area contributed by atoms with E-state index in [2.05, 4.69) is 20.9 Å². The minimum absolute atomic E-state index is 0.0153. The summed E-state index contributed by atoms with van der Waals surface area (Å²) in [7, 11) is 5.16. The molecule has 31 heavy (non-hydrogen) atoms. The summed E-state index contributed by atoms with van der Waals surface area (Å²) in [5.41, 5.74) is 3.30. The van der Waals surface area contributed by atoms with Crippen molar-refractivity contribution in [2.75, 3.05) is 39.5 Å². The zero-order valence-electron chi connectivity index (χ0n) is 18.5. The highest BCUT2D eigenvalue weighted by Gasteiger charge is 2.09. The molecule has 2 aromatic carbocycles. The highest BCUT2D eigenvalue weighted by molar-refractivity contribution is 6.31. The van der Waals surface area contributed by atoms with Gasteiger partial charge in [0.05, 0.1) is 0 Å². The zero-order valence-corrected chi connectivity index (χ0v) is 19.2. The molecule has 0 aromatic heterocycles. The summed E-state index contributed by atoms with van der Waals surface area (Å²) >= 11 is 6.09. The van der Waals surface area contributed by atoms with Crippen molar-refractivity contribution in [1.82, 2.24) is 15.5 Å². The molecule has 2 aromatic rings. The SMILES string of the molecule is CN=C(NCCC(=O)Nc1cccc(Cl)c1C)NCCc1cccc(C(=O)N(C)C)c1. The van der Waals surface area contributed by atoms with E-state index in [-0.39, 0.29) is 11.8 Å². The summed E-state index contributed by atoms with van der Waals surface area (Å²) < 4.78 is 0. The number of benzene rings is 2. The molecule has 0 unspecified atom stereocenters. The van der Waals surface area contributed by atoms with Gasteiger partial charge in [0.15, 0.2) is 5.96 Å². The van der Waals surface area contributed by atoms with E-state index in [1.165, 1.54) is 0 Å². The smallest absolute Gasteiger partial charge is 0.253 e. The van der Waals surface area contributed by atoms with Crippen LogP contribution in [0.4, 0.5) is 5.69 Å². The molecule has 0 saturated carbocycles. The Kier molecular flexibility index (Phi) is 9.34. The minimum atomic E-state index is -0.101. The fraction of sp³-hybridized carbons (Fsp3) is 0.348. The average Bonchev–Trinajstić information content (AvgIpc) is 2.75. The molecule has 0 aliphatic heterocycles. The van der Waals surface area contributed by atoms with Crippen LogP contribution in [0.1, 0.15) is 27.9 Å². The van der Waals surface area contributed by atoms with Gasteiger partial charge in [-0.2, -0.15) is 0 Å². The molecule has 166 valence electrons. The second-order valence-corrected chi connectivity index (χ2v) is 7.69. The number of aliphatic imine (C=N–C) groups is 1. The van der Waals surface area contributed by atoms with Gasteiger partial charge in [-0.1, -0.05) is 29.8 Å². The molecule has 0 bridgehead atoms. The number of rotatable bonds is 8. The minimum Gasteiger partial charge on any atom is -0.356 e. The second kappa shape index (κ2) is 12.0. The van der Waals surface area contributed by atoms with Gasteiger partial charge in [0.1, 0.15) is 0 Å². The van der Waals surface area contributed by atoms with E-state index in [1.54, 1.807) is 38.2 Å². The third-order valence-electron chi connectivity index (χ3n) is 4.70.